The molecule has 1 N–H and O–H groups in total. The van der Waals surface area contributed by atoms with Gasteiger partial charge in [-0.3, -0.25) is 9.59 Å². The Bertz CT molecular complexity index is 306. The lowest BCUT2D eigenvalue weighted by atomic mass is 9.72. The Balaban J connectivity index is 4.50. The quantitative estimate of drug-likeness (QED) is 0.545. The maximum Gasteiger partial charge on any atom is 0.225 e. The van der Waals surface area contributed by atoms with Gasteiger partial charge in [-0.1, -0.05) is 27.7 Å². The standard InChI is InChI=1S/C13H23NO3/c1-10(16)12(2,3)9-13(4,5)11(17)14-7-6-8-15/h8H,6-7,9H2,1-5H3,(H,14,17). The molecule has 4 nitrogen and oxygen atoms in total. The van der Waals surface area contributed by atoms with Crippen LogP contribution in [-0.4, -0.2) is 24.5 Å². The number of rotatable bonds is 7. The largest absolute Gasteiger partial charge is 0.355 e. The van der Waals surface area contributed by atoms with Crippen LogP contribution in [0.5, 0.6) is 0 Å². The highest BCUT2D eigenvalue weighted by atomic mass is 16.2. The third-order valence-corrected chi connectivity index (χ3v) is 3.00. The predicted octanol–water partition coefficient (Wildman–Crippen LogP) is 1.72. The first-order valence-corrected chi connectivity index (χ1v) is 5.86. The second kappa shape index (κ2) is 5.94. The molecule has 17 heavy (non-hydrogen) atoms. The molecule has 0 aliphatic heterocycles. The molecule has 0 aromatic heterocycles. The van der Waals surface area contributed by atoms with E-state index < -0.39 is 10.8 Å². The van der Waals surface area contributed by atoms with Gasteiger partial charge in [-0.05, 0) is 13.3 Å². The predicted molar refractivity (Wildman–Crippen MR) is 66.6 cm³/mol. The first-order valence-electron chi connectivity index (χ1n) is 5.86. The van der Waals surface area contributed by atoms with Crippen LogP contribution in [0, 0.1) is 10.8 Å². The lowest BCUT2D eigenvalue weighted by molar-refractivity contribution is -0.133. The third kappa shape index (κ3) is 5.11. The highest BCUT2D eigenvalue weighted by Crippen LogP contribution is 2.34. The molecule has 0 bridgehead atoms. The van der Waals surface area contributed by atoms with Crippen molar-refractivity contribution in [3.8, 4) is 0 Å². The molecule has 0 spiro atoms. The number of Topliss-reactive ketones (excluding diaryl/α,β-unsaturated/α-hetero) is 1. The van der Waals surface area contributed by atoms with Gasteiger partial charge in [0, 0.05) is 23.8 Å². The molecule has 0 aliphatic rings. The molecule has 0 aliphatic carbocycles. The molecule has 4 heteroatoms. The number of ketones is 1. The Kier molecular flexibility index (Phi) is 5.52. The van der Waals surface area contributed by atoms with E-state index in [4.69, 9.17) is 0 Å². The Labute approximate surface area is 103 Å². The summed E-state index contributed by atoms with van der Waals surface area (Å²) in [5.74, 6) is -0.0417. The van der Waals surface area contributed by atoms with E-state index in [1.807, 2.05) is 27.7 Å². The van der Waals surface area contributed by atoms with Crippen LogP contribution >= 0.6 is 0 Å². The molecular formula is C13H23NO3. The molecule has 0 saturated carbocycles. The molecule has 0 fully saturated rings. The fourth-order valence-corrected chi connectivity index (χ4v) is 1.79. The lowest BCUT2D eigenvalue weighted by Gasteiger charge is -2.32. The van der Waals surface area contributed by atoms with Crippen molar-refractivity contribution in [3.63, 3.8) is 0 Å². The molecule has 0 rings (SSSR count). The normalized spacial score (nSPS) is 12.1. The monoisotopic (exact) mass is 241 g/mol. The van der Waals surface area contributed by atoms with Crippen molar-refractivity contribution in [1.82, 2.24) is 5.32 Å². The van der Waals surface area contributed by atoms with Crippen LogP contribution in [0.2, 0.25) is 0 Å². The summed E-state index contributed by atoms with van der Waals surface area (Å²) in [5, 5.41) is 2.70. The van der Waals surface area contributed by atoms with Crippen molar-refractivity contribution in [2.24, 2.45) is 10.8 Å². The SMILES string of the molecule is CC(=O)C(C)(C)CC(C)(C)C(=O)NCCC=O. The second-order valence-electron chi connectivity index (χ2n) is 5.71. The summed E-state index contributed by atoms with van der Waals surface area (Å²) in [6.07, 6.45) is 1.58. The van der Waals surface area contributed by atoms with Crippen molar-refractivity contribution >= 4 is 18.0 Å². The van der Waals surface area contributed by atoms with E-state index in [1.54, 1.807) is 6.92 Å². The van der Waals surface area contributed by atoms with Crippen LogP contribution in [0.25, 0.3) is 0 Å². The third-order valence-electron chi connectivity index (χ3n) is 3.00. The van der Waals surface area contributed by atoms with Gasteiger partial charge in [-0.25, -0.2) is 0 Å². The van der Waals surface area contributed by atoms with Crippen LogP contribution in [0.15, 0.2) is 0 Å². The minimum absolute atomic E-state index is 0.0752. The van der Waals surface area contributed by atoms with Crippen molar-refractivity contribution in [2.45, 2.75) is 47.5 Å². The zero-order valence-corrected chi connectivity index (χ0v) is 11.4. The number of nitrogens with one attached hydrogen (secondary N) is 1. The maximum atomic E-state index is 11.9. The van der Waals surface area contributed by atoms with Crippen LogP contribution in [0.4, 0.5) is 0 Å². The van der Waals surface area contributed by atoms with Gasteiger partial charge in [-0.2, -0.15) is 0 Å². The Morgan fingerprint density at radius 3 is 2.06 bits per heavy atom. The first kappa shape index (κ1) is 15.8. The molecule has 0 unspecified atom stereocenters. The van der Waals surface area contributed by atoms with Gasteiger partial charge in [-0.15, -0.1) is 0 Å². The zero-order chi connectivity index (χ0) is 13.7. The van der Waals surface area contributed by atoms with Gasteiger partial charge in [0.2, 0.25) is 5.91 Å². The maximum absolute atomic E-state index is 11.9. The van der Waals surface area contributed by atoms with Crippen LogP contribution in [-0.2, 0) is 14.4 Å². The molecular weight excluding hydrogens is 218 g/mol. The highest BCUT2D eigenvalue weighted by molar-refractivity contribution is 5.85. The van der Waals surface area contributed by atoms with E-state index in [2.05, 4.69) is 5.32 Å². The van der Waals surface area contributed by atoms with E-state index in [1.165, 1.54) is 0 Å². The number of hydrogen-bond acceptors (Lipinski definition) is 3. The van der Waals surface area contributed by atoms with E-state index >= 15 is 0 Å². The minimum atomic E-state index is -0.613. The van der Waals surface area contributed by atoms with E-state index in [-0.39, 0.29) is 11.7 Å². The van der Waals surface area contributed by atoms with Crippen LogP contribution in [0.1, 0.15) is 47.5 Å². The zero-order valence-electron chi connectivity index (χ0n) is 11.4. The summed E-state index contributed by atoms with van der Waals surface area (Å²) in [5.41, 5.74) is -1.12. The Morgan fingerprint density at radius 2 is 1.65 bits per heavy atom. The van der Waals surface area contributed by atoms with Crippen molar-refractivity contribution < 1.29 is 14.4 Å². The highest BCUT2D eigenvalue weighted by Gasteiger charge is 2.36. The van der Waals surface area contributed by atoms with Gasteiger partial charge < -0.3 is 10.1 Å². The van der Waals surface area contributed by atoms with Crippen LogP contribution in [0.3, 0.4) is 0 Å². The second-order valence-corrected chi connectivity index (χ2v) is 5.71. The first-order chi connectivity index (χ1) is 7.63. The molecule has 1 amide bonds. The van der Waals surface area contributed by atoms with E-state index in [0.29, 0.717) is 19.4 Å². The molecule has 0 saturated heterocycles. The van der Waals surface area contributed by atoms with Gasteiger partial charge in [0.15, 0.2) is 0 Å². The fourth-order valence-electron chi connectivity index (χ4n) is 1.79. The van der Waals surface area contributed by atoms with Gasteiger partial charge >= 0.3 is 0 Å². The smallest absolute Gasteiger partial charge is 0.225 e. The molecule has 0 heterocycles. The Hall–Kier alpha value is -1.19. The fraction of sp³-hybridized carbons (Fsp3) is 0.769. The molecule has 0 aromatic rings. The molecule has 0 radical (unpaired) electrons. The summed E-state index contributed by atoms with van der Waals surface area (Å²) >= 11 is 0. The summed E-state index contributed by atoms with van der Waals surface area (Å²) in [7, 11) is 0. The number of amides is 1. The lowest BCUT2D eigenvalue weighted by Crippen LogP contribution is -2.41. The number of carbonyl (C=O) groups is 3. The van der Waals surface area contributed by atoms with Crippen molar-refractivity contribution in [3.05, 3.63) is 0 Å². The van der Waals surface area contributed by atoms with Crippen molar-refractivity contribution in [2.75, 3.05) is 6.54 Å². The average Bonchev–Trinajstić information content (AvgIpc) is 2.16. The Morgan fingerprint density at radius 1 is 1.12 bits per heavy atom. The van der Waals surface area contributed by atoms with Gasteiger partial charge in [0.25, 0.3) is 0 Å². The van der Waals surface area contributed by atoms with Gasteiger partial charge in [0.1, 0.15) is 12.1 Å². The summed E-state index contributed by atoms with van der Waals surface area (Å²) in [6, 6.07) is 0. The van der Waals surface area contributed by atoms with E-state index in [0.717, 1.165) is 6.29 Å². The molecule has 0 aromatic carbocycles. The van der Waals surface area contributed by atoms with Crippen molar-refractivity contribution in [1.29, 1.82) is 0 Å². The summed E-state index contributed by atoms with van der Waals surface area (Å²) in [6.45, 7) is 9.21. The summed E-state index contributed by atoms with van der Waals surface area (Å²) < 4.78 is 0. The molecule has 0 atom stereocenters. The summed E-state index contributed by atoms with van der Waals surface area (Å²) in [4.78, 5) is 33.5. The van der Waals surface area contributed by atoms with E-state index in [9.17, 15) is 14.4 Å². The topological polar surface area (TPSA) is 63.2 Å². The van der Waals surface area contributed by atoms with Gasteiger partial charge in [0.05, 0.1) is 0 Å². The van der Waals surface area contributed by atoms with Crippen LogP contribution < -0.4 is 5.32 Å². The number of hydrogen-bond donors (Lipinski definition) is 1. The molecule has 98 valence electrons. The average molecular weight is 241 g/mol. The number of carbonyl (C=O) groups excluding carboxylic acids is 3. The number of aldehydes is 1. The minimum Gasteiger partial charge on any atom is -0.355 e.